The Morgan fingerprint density at radius 2 is 1.71 bits per heavy atom. The highest BCUT2D eigenvalue weighted by Crippen LogP contribution is 2.09. The van der Waals surface area contributed by atoms with Crippen LogP contribution in [0.5, 0.6) is 0 Å². The lowest BCUT2D eigenvalue weighted by Crippen LogP contribution is -2.40. The van der Waals surface area contributed by atoms with Crippen LogP contribution in [0.4, 0.5) is 8.78 Å². The number of hydrogen-bond acceptors (Lipinski definition) is 3. The Morgan fingerprint density at radius 3 is 2.24 bits per heavy atom. The fourth-order valence-corrected chi connectivity index (χ4v) is 1.98. The van der Waals surface area contributed by atoms with E-state index in [2.05, 4.69) is 0 Å². The van der Waals surface area contributed by atoms with Gasteiger partial charge >= 0.3 is 5.69 Å². The molecule has 2 rings (SSSR count). The van der Waals surface area contributed by atoms with Gasteiger partial charge in [-0.15, -0.1) is 0 Å². The summed E-state index contributed by atoms with van der Waals surface area (Å²) in [6.07, 6.45) is 1.11. The van der Waals surface area contributed by atoms with Gasteiger partial charge in [0.15, 0.2) is 5.78 Å². The highest BCUT2D eigenvalue weighted by molar-refractivity contribution is 5.93. The Balaban J connectivity index is 2.57. The smallest absolute Gasteiger partial charge is 0.295 e. The largest absolute Gasteiger partial charge is 0.331 e. The first-order chi connectivity index (χ1) is 9.79. The molecule has 0 unspecified atom stereocenters. The predicted molar refractivity (Wildman–Crippen MR) is 71.4 cm³/mol. The zero-order chi connectivity index (χ0) is 15.7. The van der Waals surface area contributed by atoms with E-state index in [4.69, 9.17) is 0 Å². The molecule has 0 spiro atoms. The number of carbonyl (C=O) groups is 1. The number of rotatable bonds is 3. The van der Waals surface area contributed by atoms with Crippen LogP contribution < -0.4 is 11.2 Å². The Bertz CT molecular complexity index is 817. The number of ketones is 1. The standard InChI is InChI=1S/C14H12F2N2O3/c1-8(19)12-7-18(14(21)17(2)13(12)20)6-9-3-10(15)5-11(16)4-9/h3-5,7H,6H2,1-2H3. The van der Waals surface area contributed by atoms with Gasteiger partial charge in [-0.2, -0.15) is 0 Å². The van der Waals surface area contributed by atoms with E-state index in [1.807, 2.05) is 0 Å². The Morgan fingerprint density at radius 1 is 1.14 bits per heavy atom. The van der Waals surface area contributed by atoms with Crippen LogP contribution in [0, 0.1) is 11.6 Å². The van der Waals surface area contributed by atoms with Crippen molar-refractivity contribution in [1.29, 1.82) is 0 Å². The molecule has 1 aromatic heterocycles. The molecule has 0 aliphatic heterocycles. The van der Waals surface area contributed by atoms with Gasteiger partial charge in [-0.3, -0.25) is 18.7 Å². The lowest BCUT2D eigenvalue weighted by Gasteiger charge is -2.09. The Hall–Kier alpha value is -2.57. The summed E-state index contributed by atoms with van der Waals surface area (Å²) in [6, 6.07) is 2.87. The molecule has 0 atom stereocenters. The molecule has 0 fully saturated rings. The number of carbonyl (C=O) groups excluding carboxylic acids is 1. The second-order valence-electron chi connectivity index (χ2n) is 4.65. The van der Waals surface area contributed by atoms with Gasteiger partial charge in [0, 0.05) is 19.3 Å². The minimum absolute atomic E-state index is 0.151. The van der Waals surface area contributed by atoms with Crippen molar-refractivity contribution >= 4 is 5.78 Å². The molecule has 0 saturated heterocycles. The summed E-state index contributed by atoms with van der Waals surface area (Å²) < 4.78 is 28.1. The van der Waals surface area contributed by atoms with Crippen molar-refractivity contribution < 1.29 is 13.6 Å². The topological polar surface area (TPSA) is 61.1 Å². The summed E-state index contributed by atoms with van der Waals surface area (Å²) in [4.78, 5) is 35.1. The summed E-state index contributed by atoms with van der Waals surface area (Å²) in [7, 11) is 1.24. The summed E-state index contributed by atoms with van der Waals surface area (Å²) in [5.41, 5.74) is -1.32. The first kappa shape index (κ1) is 14.8. The first-order valence-corrected chi connectivity index (χ1v) is 6.06. The van der Waals surface area contributed by atoms with E-state index >= 15 is 0 Å². The predicted octanol–water partition coefficient (Wildman–Crippen LogP) is 1.08. The van der Waals surface area contributed by atoms with E-state index < -0.39 is 28.7 Å². The quantitative estimate of drug-likeness (QED) is 0.796. The normalized spacial score (nSPS) is 10.7. The second-order valence-corrected chi connectivity index (χ2v) is 4.65. The maximum atomic E-state index is 13.1. The van der Waals surface area contributed by atoms with E-state index in [-0.39, 0.29) is 17.7 Å². The first-order valence-electron chi connectivity index (χ1n) is 6.06. The van der Waals surface area contributed by atoms with Crippen molar-refractivity contribution in [2.24, 2.45) is 7.05 Å². The fraction of sp³-hybridized carbons (Fsp3) is 0.214. The van der Waals surface area contributed by atoms with Gasteiger partial charge in [0.1, 0.15) is 11.6 Å². The molecular weight excluding hydrogens is 282 g/mol. The molecule has 1 aromatic carbocycles. The number of hydrogen-bond donors (Lipinski definition) is 0. The van der Waals surface area contributed by atoms with Crippen LogP contribution in [0.1, 0.15) is 22.8 Å². The molecule has 0 bridgehead atoms. The van der Waals surface area contributed by atoms with Gasteiger partial charge in [0.05, 0.1) is 12.1 Å². The van der Waals surface area contributed by atoms with Crippen LogP contribution >= 0.6 is 0 Å². The van der Waals surface area contributed by atoms with E-state index in [1.54, 1.807) is 0 Å². The van der Waals surface area contributed by atoms with Gasteiger partial charge in [-0.25, -0.2) is 13.6 Å². The number of nitrogens with zero attached hydrogens (tertiary/aromatic N) is 2. The molecule has 7 heteroatoms. The average molecular weight is 294 g/mol. The number of aromatic nitrogens is 2. The van der Waals surface area contributed by atoms with Gasteiger partial charge in [-0.1, -0.05) is 0 Å². The van der Waals surface area contributed by atoms with Crippen LogP contribution in [0.2, 0.25) is 0 Å². The number of Topliss-reactive ketones (excluding diaryl/α,β-unsaturated/α-hetero) is 1. The van der Waals surface area contributed by atoms with Crippen molar-refractivity contribution in [2.75, 3.05) is 0 Å². The van der Waals surface area contributed by atoms with Crippen molar-refractivity contribution in [3.05, 3.63) is 68.0 Å². The van der Waals surface area contributed by atoms with Crippen LogP contribution in [0.3, 0.4) is 0 Å². The van der Waals surface area contributed by atoms with Crippen LogP contribution in [0.15, 0.2) is 34.0 Å². The SMILES string of the molecule is CC(=O)c1cn(Cc2cc(F)cc(F)c2)c(=O)n(C)c1=O. The lowest BCUT2D eigenvalue weighted by molar-refractivity contribution is 0.101. The third-order valence-electron chi connectivity index (χ3n) is 3.01. The summed E-state index contributed by atoms with van der Waals surface area (Å²) in [5, 5.41) is 0. The highest BCUT2D eigenvalue weighted by Gasteiger charge is 2.13. The molecule has 21 heavy (non-hydrogen) atoms. The van der Waals surface area contributed by atoms with Crippen LogP contribution in [-0.4, -0.2) is 14.9 Å². The third kappa shape index (κ3) is 2.96. The molecule has 2 aromatic rings. The van der Waals surface area contributed by atoms with E-state index in [9.17, 15) is 23.2 Å². The number of halogens is 2. The maximum absolute atomic E-state index is 13.1. The van der Waals surface area contributed by atoms with Crippen molar-refractivity contribution in [3.8, 4) is 0 Å². The van der Waals surface area contributed by atoms with E-state index in [0.717, 1.165) is 27.5 Å². The van der Waals surface area contributed by atoms with Crippen molar-refractivity contribution in [3.63, 3.8) is 0 Å². The zero-order valence-corrected chi connectivity index (χ0v) is 11.4. The molecule has 0 radical (unpaired) electrons. The third-order valence-corrected chi connectivity index (χ3v) is 3.01. The van der Waals surface area contributed by atoms with Crippen LogP contribution in [-0.2, 0) is 13.6 Å². The minimum atomic E-state index is -0.769. The van der Waals surface area contributed by atoms with Gasteiger partial charge in [0.2, 0.25) is 0 Å². The zero-order valence-electron chi connectivity index (χ0n) is 11.4. The summed E-state index contributed by atoms with van der Waals surface area (Å²) in [6.45, 7) is 1.05. The summed E-state index contributed by atoms with van der Waals surface area (Å²) >= 11 is 0. The van der Waals surface area contributed by atoms with Crippen molar-refractivity contribution in [2.45, 2.75) is 13.5 Å². The number of benzene rings is 1. The maximum Gasteiger partial charge on any atom is 0.331 e. The molecule has 1 heterocycles. The van der Waals surface area contributed by atoms with E-state index in [0.29, 0.717) is 6.07 Å². The molecular formula is C14H12F2N2O3. The molecule has 110 valence electrons. The highest BCUT2D eigenvalue weighted by atomic mass is 19.1. The van der Waals surface area contributed by atoms with Gasteiger partial charge in [-0.05, 0) is 24.6 Å². The minimum Gasteiger partial charge on any atom is -0.295 e. The fourth-order valence-electron chi connectivity index (χ4n) is 1.98. The molecule has 0 saturated carbocycles. The molecule has 0 aliphatic rings. The second kappa shape index (κ2) is 5.43. The summed E-state index contributed by atoms with van der Waals surface area (Å²) in [5.74, 6) is -2.03. The average Bonchev–Trinajstić information content (AvgIpc) is 2.38. The van der Waals surface area contributed by atoms with Crippen LogP contribution in [0.25, 0.3) is 0 Å². The van der Waals surface area contributed by atoms with Crippen molar-refractivity contribution in [1.82, 2.24) is 9.13 Å². The van der Waals surface area contributed by atoms with Gasteiger partial charge in [0.25, 0.3) is 5.56 Å². The lowest BCUT2D eigenvalue weighted by atomic mass is 10.2. The molecule has 5 nitrogen and oxygen atoms in total. The Labute approximate surface area is 118 Å². The van der Waals surface area contributed by atoms with E-state index in [1.165, 1.54) is 14.0 Å². The van der Waals surface area contributed by atoms with Gasteiger partial charge < -0.3 is 0 Å². The molecule has 0 amide bonds. The monoisotopic (exact) mass is 294 g/mol. The Kier molecular flexibility index (Phi) is 3.84. The molecule has 0 N–H and O–H groups in total. The molecule has 0 aliphatic carbocycles.